The van der Waals surface area contributed by atoms with Crippen LogP contribution >= 0.6 is 0 Å². The van der Waals surface area contributed by atoms with Gasteiger partial charge >= 0.3 is 0 Å². The van der Waals surface area contributed by atoms with Crippen molar-refractivity contribution in [3.8, 4) is 0 Å². The molecular formula is C27H34N2O3. The molecule has 0 radical (unpaired) electrons. The molecule has 2 aromatic rings. The summed E-state index contributed by atoms with van der Waals surface area (Å²) in [4.78, 5) is 30.7. The van der Waals surface area contributed by atoms with Crippen LogP contribution in [0.4, 0.5) is 0 Å². The second-order valence-corrected chi connectivity index (χ2v) is 9.31. The third-order valence-corrected chi connectivity index (χ3v) is 6.50. The van der Waals surface area contributed by atoms with Crippen molar-refractivity contribution in [1.82, 2.24) is 9.80 Å². The molecule has 4 rings (SSSR count). The van der Waals surface area contributed by atoms with Gasteiger partial charge < -0.3 is 14.5 Å². The lowest BCUT2D eigenvalue weighted by Crippen LogP contribution is -2.48. The van der Waals surface area contributed by atoms with Crippen molar-refractivity contribution in [2.75, 3.05) is 26.2 Å². The molecule has 2 fully saturated rings. The van der Waals surface area contributed by atoms with E-state index in [1.807, 2.05) is 54.0 Å². The first kappa shape index (κ1) is 22.5. The van der Waals surface area contributed by atoms with Crippen molar-refractivity contribution in [3.63, 3.8) is 0 Å². The summed E-state index contributed by atoms with van der Waals surface area (Å²) in [6.45, 7) is 7.20. The quantitative estimate of drug-likeness (QED) is 0.679. The van der Waals surface area contributed by atoms with Crippen LogP contribution in [0, 0.1) is 19.8 Å². The average molecular weight is 435 g/mol. The summed E-state index contributed by atoms with van der Waals surface area (Å²) in [5, 5.41) is 0. The Kier molecular flexibility index (Phi) is 7.26. The highest BCUT2D eigenvalue weighted by Crippen LogP contribution is 2.24. The Morgan fingerprint density at radius 3 is 2.47 bits per heavy atom. The summed E-state index contributed by atoms with van der Waals surface area (Å²) in [5.41, 5.74) is 4.01. The maximum Gasteiger partial charge on any atom is 0.253 e. The fourth-order valence-corrected chi connectivity index (χ4v) is 4.97. The highest BCUT2D eigenvalue weighted by Gasteiger charge is 2.33. The van der Waals surface area contributed by atoms with E-state index in [4.69, 9.17) is 4.74 Å². The van der Waals surface area contributed by atoms with Crippen molar-refractivity contribution in [3.05, 3.63) is 70.8 Å². The molecule has 2 atom stereocenters. The lowest BCUT2D eigenvalue weighted by Gasteiger charge is -2.36. The monoisotopic (exact) mass is 434 g/mol. The fourth-order valence-electron chi connectivity index (χ4n) is 4.97. The molecule has 0 bridgehead atoms. The SMILES string of the molecule is Cc1cc(C)cc(C(=O)N2CCCC(C(=O)N(Cc3ccccc3)CC3CCCO3)C2)c1. The zero-order chi connectivity index (χ0) is 22.5. The van der Waals surface area contributed by atoms with Gasteiger partial charge in [0.2, 0.25) is 5.91 Å². The summed E-state index contributed by atoms with van der Waals surface area (Å²) in [6, 6.07) is 16.1. The predicted octanol–water partition coefficient (Wildman–Crippen LogP) is 4.36. The van der Waals surface area contributed by atoms with E-state index < -0.39 is 0 Å². The highest BCUT2D eigenvalue weighted by molar-refractivity contribution is 5.95. The van der Waals surface area contributed by atoms with Crippen molar-refractivity contribution < 1.29 is 14.3 Å². The Morgan fingerprint density at radius 1 is 1.03 bits per heavy atom. The van der Waals surface area contributed by atoms with Gasteiger partial charge in [-0.25, -0.2) is 0 Å². The molecule has 2 aliphatic heterocycles. The van der Waals surface area contributed by atoms with Gasteiger partial charge in [0.05, 0.1) is 12.0 Å². The molecular weight excluding hydrogens is 400 g/mol. The minimum Gasteiger partial charge on any atom is -0.376 e. The summed E-state index contributed by atoms with van der Waals surface area (Å²) in [5.74, 6) is 0.00836. The van der Waals surface area contributed by atoms with Crippen molar-refractivity contribution >= 4 is 11.8 Å². The molecule has 5 nitrogen and oxygen atoms in total. The minimum absolute atomic E-state index is 0.0306. The molecule has 2 aromatic carbocycles. The molecule has 0 aromatic heterocycles. The van der Waals surface area contributed by atoms with Crippen LogP contribution in [0.15, 0.2) is 48.5 Å². The second kappa shape index (κ2) is 10.3. The molecule has 2 unspecified atom stereocenters. The second-order valence-electron chi connectivity index (χ2n) is 9.31. The van der Waals surface area contributed by atoms with Crippen LogP contribution in [0.25, 0.3) is 0 Å². The highest BCUT2D eigenvalue weighted by atomic mass is 16.5. The number of likely N-dealkylation sites (tertiary alicyclic amines) is 1. The number of benzene rings is 2. The first-order valence-electron chi connectivity index (χ1n) is 11.8. The zero-order valence-corrected chi connectivity index (χ0v) is 19.3. The zero-order valence-electron chi connectivity index (χ0n) is 19.3. The lowest BCUT2D eigenvalue weighted by atomic mass is 9.95. The molecule has 2 saturated heterocycles. The molecule has 170 valence electrons. The molecule has 0 N–H and O–H groups in total. The van der Waals surface area contributed by atoms with Gasteiger partial charge in [0, 0.05) is 38.3 Å². The van der Waals surface area contributed by atoms with E-state index >= 15 is 0 Å². The van der Waals surface area contributed by atoms with Gasteiger partial charge in [0.25, 0.3) is 5.91 Å². The van der Waals surface area contributed by atoms with Crippen molar-refractivity contribution in [2.24, 2.45) is 5.92 Å². The molecule has 0 aliphatic carbocycles. The van der Waals surface area contributed by atoms with Crippen molar-refractivity contribution in [1.29, 1.82) is 0 Å². The maximum atomic E-state index is 13.6. The van der Waals surface area contributed by atoms with Crippen LogP contribution in [0.5, 0.6) is 0 Å². The molecule has 0 saturated carbocycles. The number of nitrogens with zero attached hydrogens (tertiary/aromatic N) is 2. The van der Waals surface area contributed by atoms with Crippen LogP contribution in [-0.2, 0) is 16.1 Å². The smallest absolute Gasteiger partial charge is 0.253 e. The largest absolute Gasteiger partial charge is 0.376 e. The van der Waals surface area contributed by atoms with E-state index in [0.717, 1.165) is 54.5 Å². The van der Waals surface area contributed by atoms with Gasteiger partial charge in [-0.15, -0.1) is 0 Å². The Bertz CT molecular complexity index is 917. The van der Waals surface area contributed by atoms with Crippen LogP contribution in [0.2, 0.25) is 0 Å². The number of amides is 2. The summed E-state index contributed by atoms with van der Waals surface area (Å²) < 4.78 is 5.84. The van der Waals surface area contributed by atoms with Gasteiger partial charge in [-0.1, -0.05) is 47.5 Å². The maximum absolute atomic E-state index is 13.6. The summed E-state index contributed by atoms with van der Waals surface area (Å²) >= 11 is 0. The normalized spacial score (nSPS) is 20.9. The summed E-state index contributed by atoms with van der Waals surface area (Å²) in [7, 11) is 0. The third kappa shape index (κ3) is 5.57. The van der Waals surface area contributed by atoms with E-state index in [1.54, 1.807) is 0 Å². The number of carbonyl (C=O) groups is 2. The summed E-state index contributed by atoms with van der Waals surface area (Å²) in [6.07, 6.45) is 3.85. The van der Waals surface area contributed by atoms with Gasteiger partial charge in [0.15, 0.2) is 0 Å². The number of aryl methyl sites for hydroxylation is 2. The predicted molar refractivity (Wildman–Crippen MR) is 125 cm³/mol. The first-order valence-corrected chi connectivity index (χ1v) is 11.8. The number of rotatable bonds is 6. The van der Waals surface area contributed by atoms with Gasteiger partial charge in [-0.2, -0.15) is 0 Å². The number of carbonyl (C=O) groups excluding carboxylic acids is 2. The Morgan fingerprint density at radius 2 is 1.78 bits per heavy atom. The van der Waals surface area contributed by atoms with Crippen LogP contribution in [-0.4, -0.2) is 54.0 Å². The average Bonchev–Trinajstić information content (AvgIpc) is 3.31. The lowest BCUT2D eigenvalue weighted by molar-refractivity contribution is -0.139. The Hall–Kier alpha value is -2.66. The number of piperidine rings is 1. The number of hydrogen-bond donors (Lipinski definition) is 0. The molecule has 0 spiro atoms. The number of hydrogen-bond acceptors (Lipinski definition) is 3. The third-order valence-electron chi connectivity index (χ3n) is 6.50. The minimum atomic E-state index is -0.163. The van der Waals surface area contributed by atoms with E-state index in [-0.39, 0.29) is 23.8 Å². The molecule has 2 aliphatic rings. The van der Waals surface area contributed by atoms with Gasteiger partial charge in [-0.3, -0.25) is 9.59 Å². The van der Waals surface area contributed by atoms with Crippen LogP contribution in [0.3, 0.4) is 0 Å². The molecule has 5 heteroatoms. The molecule has 2 amide bonds. The van der Waals surface area contributed by atoms with Gasteiger partial charge in [0.1, 0.15) is 0 Å². The van der Waals surface area contributed by atoms with Gasteiger partial charge in [-0.05, 0) is 57.2 Å². The van der Waals surface area contributed by atoms with E-state index in [1.165, 1.54) is 0 Å². The van der Waals surface area contributed by atoms with Crippen LogP contribution < -0.4 is 0 Å². The Balaban J connectivity index is 1.47. The fraction of sp³-hybridized carbons (Fsp3) is 0.481. The van der Waals surface area contributed by atoms with Crippen LogP contribution in [0.1, 0.15) is 52.7 Å². The van der Waals surface area contributed by atoms with E-state index in [0.29, 0.717) is 26.2 Å². The first-order chi connectivity index (χ1) is 15.5. The standard InChI is InChI=1S/C27H34N2O3/c1-20-14-21(2)16-24(15-20)27(31)28-12-6-10-23(18-28)26(30)29(19-25-11-7-13-32-25)17-22-8-4-3-5-9-22/h3-5,8-9,14-16,23,25H,6-7,10-13,17-19H2,1-2H3. The van der Waals surface area contributed by atoms with E-state index in [2.05, 4.69) is 18.2 Å². The number of ether oxygens (including phenoxy) is 1. The topological polar surface area (TPSA) is 49.9 Å². The molecule has 2 heterocycles. The molecule has 32 heavy (non-hydrogen) atoms. The Labute approximate surface area is 191 Å². The van der Waals surface area contributed by atoms with E-state index in [9.17, 15) is 9.59 Å². The van der Waals surface area contributed by atoms with Crippen molar-refractivity contribution in [2.45, 2.75) is 52.2 Å².